The number of aromatic nitrogens is 4. The molecular formula is C53H62N8O6. The summed E-state index contributed by atoms with van der Waals surface area (Å²) in [4.78, 5) is 71.8. The minimum atomic E-state index is -0.705. The van der Waals surface area contributed by atoms with Gasteiger partial charge in [0.1, 0.15) is 23.7 Å². The number of rotatable bonds is 9. The third-order valence-electron chi connectivity index (χ3n) is 16.5. The van der Waals surface area contributed by atoms with Crippen molar-refractivity contribution in [1.82, 2.24) is 40.4 Å². The lowest BCUT2D eigenvalue weighted by Crippen LogP contribution is -2.46. The van der Waals surface area contributed by atoms with Crippen molar-refractivity contribution in [3.8, 4) is 33.5 Å². The fourth-order valence-corrected chi connectivity index (χ4v) is 13.3. The highest BCUT2D eigenvalue weighted by molar-refractivity contribution is 5.89. The molecule has 4 N–H and O–H groups in total. The second-order valence-electron chi connectivity index (χ2n) is 20.3. The Balaban J connectivity index is 0.929. The van der Waals surface area contributed by atoms with Crippen LogP contribution in [0.2, 0.25) is 0 Å². The number of hydrogen-bond donors (Lipinski definition) is 4. The molecule has 14 nitrogen and oxygen atoms in total. The van der Waals surface area contributed by atoms with Crippen LogP contribution in [-0.2, 0) is 31.9 Å². The van der Waals surface area contributed by atoms with Crippen molar-refractivity contribution in [3.05, 3.63) is 82.6 Å². The van der Waals surface area contributed by atoms with E-state index < -0.39 is 24.3 Å². The molecule has 0 unspecified atom stereocenters. The molecular weight excluding hydrogens is 845 g/mol. The van der Waals surface area contributed by atoms with Crippen molar-refractivity contribution in [2.24, 2.45) is 5.41 Å². The van der Waals surface area contributed by atoms with Gasteiger partial charge in [-0.05, 0) is 165 Å². The van der Waals surface area contributed by atoms with Gasteiger partial charge in [0.25, 0.3) is 0 Å². The molecule has 2 aromatic heterocycles. The lowest BCUT2D eigenvalue weighted by Gasteiger charge is -2.41. The molecule has 14 heteroatoms. The first-order valence-corrected chi connectivity index (χ1v) is 24.7. The zero-order valence-electron chi connectivity index (χ0n) is 39.1. The Kier molecular flexibility index (Phi) is 11.1. The first-order chi connectivity index (χ1) is 32.5. The maximum atomic E-state index is 13.5. The molecule has 4 fully saturated rings. The van der Waals surface area contributed by atoms with E-state index in [1.807, 2.05) is 16.0 Å². The van der Waals surface area contributed by atoms with Crippen LogP contribution in [0.15, 0.2) is 48.7 Å². The number of amides is 4. The van der Waals surface area contributed by atoms with Crippen LogP contribution < -0.4 is 10.6 Å². The van der Waals surface area contributed by atoms with Gasteiger partial charge in [-0.15, -0.1) is 0 Å². The molecule has 5 aliphatic carbocycles. The number of fused-ring (bicyclic) bond motifs is 4. The van der Waals surface area contributed by atoms with Gasteiger partial charge in [0.05, 0.1) is 49.2 Å². The van der Waals surface area contributed by atoms with E-state index in [-0.39, 0.29) is 29.3 Å². The van der Waals surface area contributed by atoms with Crippen LogP contribution in [0, 0.1) is 5.41 Å². The van der Waals surface area contributed by atoms with E-state index in [0.717, 1.165) is 66.9 Å². The largest absolute Gasteiger partial charge is 0.453 e. The molecule has 0 radical (unpaired) electrons. The number of carbonyl (C=O) groups excluding carboxylic acids is 4. The van der Waals surface area contributed by atoms with Crippen molar-refractivity contribution in [1.29, 1.82) is 0 Å². The predicted molar refractivity (Wildman–Crippen MR) is 254 cm³/mol. The number of imidazole rings is 2. The fourth-order valence-electron chi connectivity index (χ4n) is 13.3. The first-order valence-electron chi connectivity index (χ1n) is 24.7. The highest BCUT2D eigenvalue weighted by Gasteiger charge is 2.44. The molecule has 4 atom stereocenters. The normalized spacial score (nSPS) is 23.3. The molecule has 12 rings (SSSR count). The molecule has 3 aromatic carbocycles. The number of nitrogens with zero attached hydrogens (tertiary/aromatic N) is 4. The summed E-state index contributed by atoms with van der Waals surface area (Å²) >= 11 is 0. The Hall–Kier alpha value is -6.18. The van der Waals surface area contributed by atoms with Crippen LogP contribution in [0.25, 0.3) is 44.5 Å². The molecule has 2 aliphatic heterocycles. The zero-order chi connectivity index (χ0) is 46.1. The van der Waals surface area contributed by atoms with E-state index in [0.29, 0.717) is 24.9 Å². The second-order valence-corrected chi connectivity index (χ2v) is 20.3. The van der Waals surface area contributed by atoms with Gasteiger partial charge in [-0.3, -0.25) is 9.59 Å². The second kappa shape index (κ2) is 17.2. The smallest absolute Gasteiger partial charge is 0.407 e. The number of alkyl carbamates (subject to hydrolysis) is 2. The van der Waals surface area contributed by atoms with Crippen LogP contribution in [0.5, 0.6) is 0 Å². The van der Waals surface area contributed by atoms with Gasteiger partial charge in [-0.1, -0.05) is 43.2 Å². The lowest BCUT2D eigenvalue weighted by molar-refractivity contribution is -0.134. The van der Waals surface area contributed by atoms with Crippen LogP contribution in [-0.4, -0.2) is 93.1 Å². The number of ether oxygens (including phenoxy) is 2. The van der Waals surface area contributed by atoms with Crippen molar-refractivity contribution in [2.45, 2.75) is 140 Å². The number of methoxy groups -OCH3 is 2. The number of carbonyl (C=O) groups is 4. The maximum Gasteiger partial charge on any atom is 0.407 e. The van der Waals surface area contributed by atoms with Crippen LogP contribution in [0.4, 0.5) is 9.59 Å². The summed E-state index contributed by atoms with van der Waals surface area (Å²) in [6.45, 7) is 4.62. The third-order valence-corrected chi connectivity index (χ3v) is 16.5. The van der Waals surface area contributed by atoms with Crippen molar-refractivity contribution >= 4 is 35.0 Å². The molecule has 2 bridgehead atoms. The number of aromatic amines is 2. The van der Waals surface area contributed by atoms with E-state index in [2.05, 4.69) is 63.1 Å². The molecule has 350 valence electrons. The summed E-state index contributed by atoms with van der Waals surface area (Å²) in [5, 5.41) is 5.27. The number of likely N-dealkylation sites (tertiary alicyclic amines) is 2. The predicted octanol–water partition coefficient (Wildman–Crippen LogP) is 9.52. The Morgan fingerprint density at radius 2 is 1.22 bits per heavy atom. The van der Waals surface area contributed by atoms with E-state index in [1.54, 1.807) is 19.4 Å². The van der Waals surface area contributed by atoms with Crippen molar-refractivity contribution in [2.75, 3.05) is 27.3 Å². The molecule has 4 heterocycles. The third kappa shape index (κ3) is 7.54. The van der Waals surface area contributed by atoms with Gasteiger partial charge >= 0.3 is 12.2 Å². The summed E-state index contributed by atoms with van der Waals surface area (Å²) in [6, 6.07) is 14.3. The SMILES string of the molecule is COC(=O)N[C@@H](C)C(=O)N1CCC[C@@H]1c1ncc(-c2ccc(-c3ccc(-c4ccc5nc([C@@H]6CCCN6C(=O)[C@@H](C)NC(=O)OC)[nH]c5c4)c4c3C3CCC4CC3)c3c2CC2(CCCC2)C3)[nH]1. The van der Waals surface area contributed by atoms with Crippen molar-refractivity contribution < 1.29 is 28.7 Å². The fraction of sp³-hybridized carbons (Fsp3) is 0.509. The van der Waals surface area contributed by atoms with E-state index >= 15 is 0 Å². The van der Waals surface area contributed by atoms with E-state index in [9.17, 15) is 19.2 Å². The quantitative estimate of drug-likeness (QED) is 0.113. The minimum Gasteiger partial charge on any atom is -0.453 e. The zero-order valence-corrected chi connectivity index (χ0v) is 39.1. The van der Waals surface area contributed by atoms with Crippen LogP contribution in [0.1, 0.15) is 149 Å². The van der Waals surface area contributed by atoms with Gasteiger partial charge in [-0.2, -0.15) is 0 Å². The standard InChI is InChI=1S/C53H62N8O6/c1-29(55-51(64)66-3)49(62)60-23-7-9-43(60)47-54-28-42(59-47)36-18-17-35(38-26-53(27-39(36)38)21-5-6-22-53)37-19-16-34(45-31-11-13-32(14-12-31)46(37)45)33-15-20-40-41(25-33)58-48(57-40)44-10-8-24-61(44)50(63)30(2)56-52(65)67-4/h15-20,25,28-32,43-44H,5-14,21-24,26-27H2,1-4H3,(H,54,59)(H,55,64)(H,56,65)(H,57,58)/t29-,30+,31?,32?,43+,44-/m0/s1. The first kappa shape index (κ1) is 43.4. The highest BCUT2D eigenvalue weighted by atomic mass is 16.5. The van der Waals surface area contributed by atoms with Gasteiger partial charge in [0, 0.05) is 18.7 Å². The Morgan fingerprint density at radius 3 is 1.85 bits per heavy atom. The minimum absolute atomic E-state index is 0.137. The highest BCUT2D eigenvalue weighted by Crippen LogP contribution is 2.58. The summed E-state index contributed by atoms with van der Waals surface area (Å²) in [6.07, 6.45) is 16.2. The summed E-state index contributed by atoms with van der Waals surface area (Å²) in [5.74, 6) is 2.32. The van der Waals surface area contributed by atoms with Gasteiger partial charge in [-0.25, -0.2) is 19.6 Å². The van der Waals surface area contributed by atoms with Gasteiger partial charge in [0.2, 0.25) is 11.8 Å². The van der Waals surface area contributed by atoms with E-state index in [4.69, 9.17) is 19.4 Å². The van der Waals surface area contributed by atoms with Gasteiger partial charge in [0.15, 0.2) is 0 Å². The van der Waals surface area contributed by atoms with Gasteiger partial charge < -0.3 is 39.9 Å². The van der Waals surface area contributed by atoms with E-state index in [1.165, 1.54) is 110 Å². The molecule has 67 heavy (non-hydrogen) atoms. The molecule has 7 aliphatic rings. The summed E-state index contributed by atoms with van der Waals surface area (Å²) in [7, 11) is 2.60. The Bertz CT molecular complexity index is 2780. The topological polar surface area (TPSA) is 175 Å². The summed E-state index contributed by atoms with van der Waals surface area (Å²) in [5.41, 5.74) is 15.6. The summed E-state index contributed by atoms with van der Waals surface area (Å²) < 4.78 is 9.50. The lowest BCUT2D eigenvalue weighted by atomic mass is 9.63. The van der Waals surface area contributed by atoms with Crippen molar-refractivity contribution in [3.63, 3.8) is 0 Å². The number of hydrogen-bond acceptors (Lipinski definition) is 8. The number of benzene rings is 3. The van der Waals surface area contributed by atoms with Crippen LogP contribution >= 0.6 is 0 Å². The van der Waals surface area contributed by atoms with Crippen LogP contribution in [0.3, 0.4) is 0 Å². The molecule has 5 aromatic rings. The Morgan fingerprint density at radius 1 is 0.672 bits per heavy atom. The molecule has 2 saturated heterocycles. The number of nitrogens with one attached hydrogen (secondary N) is 4. The molecule has 2 saturated carbocycles. The average molecular weight is 907 g/mol. The Labute approximate surface area is 391 Å². The molecule has 1 spiro atoms. The number of H-pyrrole nitrogens is 2. The monoisotopic (exact) mass is 906 g/mol. The maximum absolute atomic E-state index is 13.5. The molecule has 4 amide bonds. The average Bonchev–Trinajstić information content (AvgIpc) is 4.22.